The van der Waals surface area contributed by atoms with E-state index in [1.165, 1.54) is 16.7 Å². The third kappa shape index (κ3) is 4.82. The number of hydrogen-bond donors (Lipinski definition) is 2. The molecule has 0 heterocycles. The van der Waals surface area contributed by atoms with Crippen molar-refractivity contribution in [1.29, 1.82) is 0 Å². The van der Waals surface area contributed by atoms with Crippen molar-refractivity contribution < 1.29 is 0 Å². The number of benzene rings is 1. The Balaban J connectivity index is 1.82. The maximum absolute atomic E-state index is 6.06. The first kappa shape index (κ1) is 15.4. The molecule has 0 atom stereocenters. The number of allylic oxidation sites excluding steroid dienone is 6. The molecule has 0 fully saturated rings. The molecule has 1 aliphatic carbocycles. The molecule has 0 saturated carbocycles. The van der Waals surface area contributed by atoms with Gasteiger partial charge in [-0.25, -0.2) is 0 Å². The average molecular weight is 282 g/mol. The van der Waals surface area contributed by atoms with E-state index in [0.717, 1.165) is 43.6 Å². The van der Waals surface area contributed by atoms with Crippen molar-refractivity contribution in [3.8, 4) is 0 Å². The highest BCUT2D eigenvalue weighted by molar-refractivity contribution is 5.68. The van der Waals surface area contributed by atoms with Gasteiger partial charge >= 0.3 is 0 Å². The smallest absolute Gasteiger partial charge is 0.0576 e. The second kappa shape index (κ2) is 7.72. The van der Waals surface area contributed by atoms with Gasteiger partial charge in [-0.1, -0.05) is 36.0 Å². The number of anilines is 2. The molecule has 2 heteroatoms. The first-order valence-corrected chi connectivity index (χ1v) is 7.79. The van der Waals surface area contributed by atoms with E-state index in [4.69, 9.17) is 5.73 Å². The Morgan fingerprint density at radius 3 is 2.76 bits per heavy atom. The van der Waals surface area contributed by atoms with Crippen LogP contribution in [0.4, 0.5) is 11.4 Å². The monoisotopic (exact) mass is 282 g/mol. The highest BCUT2D eigenvalue weighted by Gasteiger charge is 2.02. The predicted molar refractivity (Wildman–Crippen MR) is 93.6 cm³/mol. The van der Waals surface area contributed by atoms with E-state index in [1.807, 2.05) is 6.07 Å². The Bertz CT molecular complexity index is 565. The summed E-state index contributed by atoms with van der Waals surface area (Å²) < 4.78 is 0. The lowest BCUT2D eigenvalue weighted by Crippen LogP contribution is -2.05. The van der Waals surface area contributed by atoms with E-state index in [2.05, 4.69) is 55.6 Å². The van der Waals surface area contributed by atoms with Crippen LogP contribution in [0, 0.1) is 13.8 Å². The summed E-state index contributed by atoms with van der Waals surface area (Å²) in [5.74, 6) is 0. The van der Waals surface area contributed by atoms with Crippen LogP contribution < -0.4 is 11.1 Å². The molecule has 0 amide bonds. The van der Waals surface area contributed by atoms with E-state index < -0.39 is 0 Å². The largest absolute Gasteiger partial charge is 0.397 e. The summed E-state index contributed by atoms with van der Waals surface area (Å²) in [6, 6.07) is 4.19. The number of nitrogen functional groups attached to an aromatic ring is 1. The van der Waals surface area contributed by atoms with Crippen molar-refractivity contribution >= 4 is 11.4 Å². The summed E-state index contributed by atoms with van der Waals surface area (Å²) in [4.78, 5) is 0. The van der Waals surface area contributed by atoms with Crippen LogP contribution in [0.25, 0.3) is 0 Å². The molecular formula is C19H26N2. The summed E-state index contributed by atoms with van der Waals surface area (Å²) in [5, 5.41) is 3.46. The normalized spacial score (nSPS) is 14.5. The second-order valence-corrected chi connectivity index (χ2v) is 5.70. The number of nitrogens with one attached hydrogen (secondary N) is 1. The van der Waals surface area contributed by atoms with E-state index in [9.17, 15) is 0 Å². The lowest BCUT2D eigenvalue weighted by atomic mass is 10.0. The molecule has 21 heavy (non-hydrogen) atoms. The molecular weight excluding hydrogens is 256 g/mol. The van der Waals surface area contributed by atoms with Gasteiger partial charge in [0.15, 0.2) is 0 Å². The Hall–Kier alpha value is -1.96. The Morgan fingerprint density at radius 1 is 1.10 bits per heavy atom. The fourth-order valence-electron chi connectivity index (χ4n) is 2.48. The molecule has 0 aromatic heterocycles. The lowest BCUT2D eigenvalue weighted by molar-refractivity contribution is 0.857. The molecule has 0 bridgehead atoms. The summed E-state index contributed by atoms with van der Waals surface area (Å²) in [5.41, 5.74) is 11.9. The fourth-order valence-corrected chi connectivity index (χ4v) is 2.48. The van der Waals surface area contributed by atoms with Gasteiger partial charge in [-0.2, -0.15) is 0 Å². The molecule has 1 aromatic rings. The molecule has 0 radical (unpaired) electrons. The van der Waals surface area contributed by atoms with Crippen LogP contribution in [0.2, 0.25) is 0 Å². The Kier molecular flexibility index (Phi) is 5.68. The molecule has 112 valence electrons. The van der Waals surface area contributed by atoms with Crippen molar-refractivity contribution in [1.82, 2.24) is 0 Å². The van der Waals surface area contributed by atoms with Crippen molar-refractivity contribution in [2.45, 2.75) is 39.5 Å². The average Bonchev–Trinajstić information content (AvgIpc) is 2.42. The van der Waals surface area contributed by atoms with Gasteiger partial charge in [0, 0.05) is 6.54 Å². The van der Waals surface area contributed by atoms with Crippen LogP contribution in [0.3, 0.4) is 0 Å². The maximum Gasteiger partial charge on any atom is 0.0576 e. The van der Waals surface area contributed by atoms with Crippen molar-refractivity contribution in [2.75, 3.05) is 17.6 Å². The van der Waals surface area contributed by atoms with Crippen LogP contribution >= 0.6 is 0 Å². The SMILES string of the molecule is Cc1cc(N)c(NCCCC2=CCCC=CC=C2)cc1C. The zero-order valence-electron chi connectivity index (χ0n) is 13.2. The molecule has 0 unspecified atom stereocenters. The second-order valence-electron chi connectivity index (χ2n) is 5.70. The molecule has 0 aliphatic heterocycles. The van der Waals surface area contributed by atoms with Gasteiger partial charge in [-0.05, 0) is 62.8 Å². The molecule has 0 saturated heterocycles. The number of hydrogen-bond acceptors (Lipinski definition) is 2. The van der Waals surface area contributed by atoms with Crippen molar-refractivity contribution in [2.24, 2.45) is 0 Å². The minimum absolute atomic E-state index is 0.841. The van der Waals surface area contributed by atoms with E-state index >= 15 is 0 Å². The third-order valence-electron chi connectivity index (χ3n) is 3.92. The Morgan fingerprint density at radius 2 is 1.90 bits per heavy atom. The van der Waals surface area contributed by atoms with Gasteiger partial charge < -0.3 is 11.1 Å². The van der Waals surface area contributed by atoms with Crippen LogP contribution in [0.1, 0.15) is 36.8 Å². The topological polar surface area (TPSA) is 38.0 Å². The molecule has 2 rings (SSSR count). The van der Waals surface area contributed by atoms with Gasteiger partial charge in [0.05, 0.1) is 11.4 Å². The van der Waals surface area contributed by atoms with Gasteiger partial charge in [0.2, 0.25) is 0 Å². The zero-order chi connectivity index (χ0) is 15.1. The molecule has 2 nitrogen and oxygen atoms in total. The van der Waals surface area contributed by atoms with Gasteiger partial charge in [-0.15, -0.1) is 0 Å². The van der Waals surface area contributed by atoms with Crippen molar-refractivity contribution in [3.63, 3.8) is 0 Å². The van der Waals surface area contributed by atoms with Gasteiger partial charge in [0.1, 0.15) is 0 Å². The number of aryl methyl sites for hydroxylation is 2. The van der Waals surface area contributed by atoms with Crippen LogP contribution in [0.5, 0.6) is 0 Å². The van der Waals surface area contributed by atoms with Gasteiger partial charge in [0.25, 0.3) is 0 Å². The minimum atomic E-state index is 0.841. The van der Waals surface area contributed by atoms with E-state index in [-0.39, 0.29) is 0 Å². The summed E-state index contributed by atoms with van der Waals surface area (Å²) >= 11 is 0. The predicted octanol–water partition coefficient (Wildman–Crippen LogP) is 4.91. The van der Waals surface area contributed by atoms with Gasteiger partial charge in [-0.3, -0.25) is 0 Å². The number of nitrogens with two attached hydrogens (primary N) is 1. The summed E-state index contributed by atoms with van der Waals surface area (Å²) in [6.45, 7) is 5.17. The fraction of sp³-hybridized carbons (Fsp3) is 0.368. The highest BCUT2D eigenvalue weighted by Crippen LogP contribution is 2.23. The summed E-state index contributed by atoms with van der Waals surface area (Å²) in [6.07, 6.45) is 15.6. The molecule has 3 N–H and O–H groups in total. The molecule has 0 spiro atoms. The van der Waals surface area contributed by atoms with E-state index in [0.29, 0.717) is 0 Å². The minimum Gasteiger partial charge on any atom is -0.397 e. The van der Waals surface area contributed by atoms with Crippen molar-refractivity contribution in [3.05, 3.63) is 59.2 Å². The first-order valence-electron chi connectivity index (χ1n) is 7.79. The van der Waals surface area contributed by atoms with Crippen LogP contribution in [0.15, 0.2) is 48.1 Å². The quantitative estimate of drug-likeness (QED) is 0.595. The summed E-state index contributed by atoms with van der Waals surface area (Å²) in [7, 11) is 0. The zero-order valence-corrected chi connectivity index (χ0v) is 13.2. The Labute approximate surface area is 128 Å². The number of rotatable bonds is 5. The highest BCUT2D eigenvalue weighted by atomic mass is 14.9. The lowest BCUT2D eigenvalue weighted by Gasteiger charge is -2.12. The van der Waals surface area contributed by atoms with E-state index in [1.54, 1.807) is 0 Å². The third-order valence-corrected chi connectivity index (χ3v) is 3.92. The molecule has 1 aromatic carbocycles. The van der Waals surface area contributed by atoms with Crippen LogP contribution in [-0.4, -0.2) is 6.54 Å². The van der Waals surface area contributed by atoms with Crippen LogP contribution in [-0.2, 0) is 0 Å². The first-order chi connectivity index (χ1) is 10.2. The molecule has 1 aliphatic rings. The maximum atomic E-state index is 6.06. The standard InChI is InChI=1S/C19H26N2/c1-15-13-18(20)19(14-16(15)2)21-12-8-11-17-9-6-4-3-5-7-10-17/h3-4,6,9-10,13-14,21H,5,7-8,11-12,20H2,1-2H3.